The number of Topliss-reactive ketones (excluding diaryl/α,β-unsaturated/α-hetero) is 1. The molecule has 1 aliphatic heterocycles. The third-order valence-electron chi connectivity index (χ3n) is 6.02. The Labute approximate surface area is 158 Å². The lowest BCUT2D eigenvalue weighted by molar-refractivity contribution is -0.156. The van der Waals surface area contributed by atoms with Crippen LogP contribution in [0.25, 0.3) is 0 Å². The van der Waals surface area contributed by atoms with Gasteiger partial charge in [-0.05, 0) is 31.7 Å². The summed E-state index contributed by atoms with van der Waals surface area (Å²) in [4.78, 5) is 36.8. The minimum absolute atomic E-state index is 0.00242. The SMILES string of the molecule is O=C(COC(=O)C1C[C@H]2CCC[C@@H](C1)C2=O)N[C@@H]1CCOc2ccccc21. The van der Waals surface area contributed by atoms with Crippen molar-refractivity contribution >= 4 is 17.7 Å². The smallest absolute Gasteiger partial charge is 0.309 e. The van der Waals surface area contributed by atoms with Crippen LogP contribution in [0.3, 0.4) is 0 Å². The van der Waals surface area contributed by atoms with Gasteiger partial charge in [0.25, 0.3) is 5.91 Å². The van der Waals surface area contributed by atoms with Crippen molar-refractivity contribution in [1.82, 2.24) is 5.32 Å². The number of carbonyl (C=O) groups is 3. The average Bonchev–Trinajstić information content (AvgIpc) is 2.66. The first kappa shape index (κ1) is 18.0. The topological polar surface area (TPSA) is 81.7 Å². The number of hydrogen-bond donors (Lipinski definition) is 1. The Hall–Kier alpha value is -2.37. The number of esters is 1. The summed E-state index contributed by atoms with van der Waals surface area (Å²) in [7, 11) is 0. The molecule has 4 atom stereocenters. The molecule has 1 N–H and O–H groups in total. The van der Waals surface area contributed by atoms with E-state index >= 15 is 0 Å². The van der Waals surface area contributed by atoms with Crippen molar-refractivity contribution in [3.05, 3.63) is 29.8 Å². The third-order valence-corrected chi connectivity index (χ3v) is 6.02. The van der Waals surface area contributed by atoms with Crippen molar-refractivity contribution < 1.29 is 23.9 Å². The van der Waals surface area contributed by atoms with Gasteiger partial charge in [-0.15, -0.1) is 0 Å². The predicted molar refractivity (Wildman–Crippen MR) is 97.0 cm³/mol. The largest absolute Gasteiger partial charge is 0.493 e. The predicted octanol–water partition coefficient (Wildman–Crippen LogP) is 2.57. The summed E-state index contributed by atoms with van der Waals surface area (Å²) in [6.45, 7) is 0.263. The van der Waals surface area contributed by atoms with Gasteiger partial charge in [0.15, 0.2) is 6.61 Å². The van der Waals surface area contributed by atoms with Crippen LogP contribution in [0.4, 0.5) is 0 Å². The number of rotatable bonds is 4. The summed E-state index contributed by atoms with van der Waals surface area (Å²) in [6, 6.07) is 7.49. The minimum atomic E-state index is -0.345. The van der Waals surface area contributed by atoms with Crippen LogP contribution in [0.5, 0.6) is 5.75 Å². The fourth-order valence-corrected chi connectivity index (χ4v) is 4.65. The highest BCUT2D eigenvalue weighted by Gasteiger charge is 2.41. The van der Waals surface area contributed by atoms with Crippen LogP contribution in [0.2, 0.25) is 0 Å². The van der Waals surface area contributed by atoms with Gasteiger partial charge >= 0.3 is 5.97 Å². The summed E-state index contributed by atoms with van der Waals surface area (Å²) in [5.74, 6) is 0.199. The monoisotopic (exact) mass is 371 g/mol. The summed E-state index contributed by atoms with van der Waals surface area (Å²) < 4.78 is 10.9. The van der Waals surface area contributed by atoms with E-state index in [1.807, 2.05) is 24.3 Å². The first-order valence-electron chi connectivity index (χ1n) is 9.83. The number of ether oxygens (including phenoxy) is 2. The van der Waals surface area contributed by atoms with Gasteiger partial charge in [0, 0.05) is 23.8 Å². The van der Waals surface area contributed by atoms with Crippen molar-refractivity contribution in [1.29, 1.82) is 0 Å². The van der Waals surface area contributed by atoms with Crippen molar-refractivity contribution in [2.24, 2.45) is 17.8 Å². The van der Waals surface area contributed by atoms with Gasteiger partial charge in [-0.25, -0.2) is 0 Å². The molecule has 0 radical (unpaired) electrons. The van der Waals surface area contributed by atoms with Crippen molar-refractivity contribution in [3.63, 3.8) is 0 Å². The molecule has 0 aromatic heterocycles. The molecule has 2 fully saturated rings. The molecule has 1 unspecified atom stereocenters. The lowest BCUT2D eigenvalue weighted by Gasteiger charge is -2.36. The second kappa shape index (κ2) is 7.71. The standard InChI is InChI=1S/C21H25NO5/c23-19(22-17-8-9-26-18-7-2-1-6-16(17)18)12-27-21(25)15-10-13-4-3-5-14(11-15)20(13)24/h1-2,6-7,13-15,17H,3-5,8-12H2,(H,22,23)/t13-,14+,15?,17-/m1/s1. The maximum absolute atomic E-state index is 12.4. The third kappa shape index (κ3) is 3.84. The van der Waals surface area contributed by atoms with Crippen molar-refractivity contribution in [3.8, 4) is 5.75 Å². The second-order valence-electron chi connectivity index (χ2n) is 7.80. The maximum Gasteiger partial charge on any atom is 0.309 e. The van der Waals surface area contributed by atoms with Gasteiger partial charge in [0.05, 0.1) is 18.6 Å². The molecule has 3 aliphatic rings. The first-order chi connectivity index (χ1) is 13.1. The average molecular weight is 371 g/mol. The summed E-state index contributed by atoms with van der Waals surface area (Å²) >= 11 is 0. The van der Waals surface area contributed by atoms with Gasteiger partial charge in [-0.1, -0.05) is 24.6 Å². The Morgan fingerprint density at radius 3 is 2.63 bits per heavy atom. The Bertz CT molecular complexity index is 730. The number of ketones is 1. The van der Waals surface area contributed by atoms with Crippen LogP contribution in [-0.2, 0) is 19.1 Å². The molecule has 1 aromatic rings. The maximum atomic E-state index is 12.4. The summed E-state index contributed by atoms with van der Waals surface area (Å²) in [5, 5.41) is 2.93. The van der Waals surface area contributed by atoms with Crippen molar-refractivity contribution in [2.75, 3.05) is 13.2 Å². The minimum Gasteiger partial charge on any atom is -0.493 e. The van der Waals surface area contributed by atoms with E-state index < -0.39 is 0 Å². The number of nitrogens with one attached hydrogen (secondary N) is 1. The molecule has 2 saturated carbocycles. The molecule has 1 amide bonds. The Morgan fingerprint density at radius 1 is 1.11 bits per heavy atom. The zero-order valence-corrected chi connectivity index (χ0v) is 15.3. The molecule has 144 valence electrons. The molecule has 0 spiro atoms. The fourth-order valence-electron chi connectivity index (χ4n) is 4.65. The van der Waals surface area contributed by atoms with E-state index in [9.17, 15) is 14.4 Å². The molecule has 2 bridgehead atoms. The van der Waals surface area contributed by atoms with Gasteiger partial charge in [-0.3, -0.25) is 14.4 Å². The van der Waals surface area contributed by atoms with E-state index in [2.05, 4.69) is 5.32 Å². The van der Waals surface area contributed by atoms with Crippen LogP contribution >= 0.6 is 0 Å². The zero-order valence-electron chi connectivity index (χ0n) is 15.3. The van der Waals surface area contributed by atoms with E-state index in [1.54, 1.807) is 0 Å². The highest BCUT2D eigenvalue weighted by molar-refractivity contribution is 5.88. The number of amides is 1. The molecular weight excluding hydrogens is 346 g/mol. The molecule has 1 aromatic carbocycles. The number of fused-ring (bicyclic) bond motifs is 3. The van der Waals surface area contributed by atoms with Crippen LogP contribution < -0.4 is 10.1 Å². The Morgan fingerprint density at radius 2 is 1.85 bits per heavy atom. The lowest BCUT2D eigenvalue weighted by atomic mass is 9.67. The van der Waals surface area contributed by atoms with Crippen LogP contribution in [0.1, 0.15) is 50.1 Å². The van der Waals surface area contributed by atoms with E-state index in [1.165, 1.54) is 0 Å². The van der Waals surface area contributed by atoms with Gasteiger partial charge in [0.2, 0.25) is 0 Å². The normalized spacial score (nSPS) is 29.3. The van der Waals surface area contributed by atoms with E-state index in [4.69, 9.17) is 9.47 Å². The van der Waals surface area contributed by atoms with E-state index in [0.29, 0.717) is 31.7 Å². The van der Waals surface area contributed by atoms with Crippen LogP contribution in [0, 0.1) is 17.8 Å². The highest BCUT2D eigenvalue weighted by atomic mass is 16.5. The van der Waals surface area contributed by atoms with E-state index in [0.717, 1.165) is 30.6 Å². The quantitative estimate of drug-likeness (QED) is 0.823. The molecule has 1 heterocycles. The molecule has 27 heavy (non-hydrogen) atoms. The van der Waals surface area contributed by atoms with Gasteiger partial charge in [-0.2, -0.15) is 0 Å². The Kier molecular flexibility index (Phi) is 5.14. The first-order valence-corrected chi connectivity index (χ1v) is 9.83. The summed E-state index contributed by atoms with van der Waals surface area (Å²) in [6.07, 6.45) is 4.65. The highest BCUT2D eigenvalue weighted by Crippen LogP contribution is 2.40. The molecule has 6 heteroatoms. The molecular formula is C21H25NO5. The molecule has 0 saturated heterocycles. The number of para-hydroxylation sites is 1. The van der Waals surface area contributed by atoms with E-state index in [-0.39, 0.29) is 42.3 Å². The lowest BCUT2D eigenvalue weighted by Crippen LogP contribution is -2.40. The van der Waals surface area contributed by atoms with Crippen molar-refractivity contribution in [2.45, 2.75) is 44.6 Å². The zero-order chi connectivity index (χ0) is 18.8. The molecule has 6 nitrogen and oxygen atoms in total. The van der Waals surface area contributed by atoms with Crippen LogP contribution in [-0.4, -0.2) is 30.9 Å². The number of carbonyl (C=O) groups excluding carboxylic acids is 3. The summed E-state index contributed by atoms with van der Waals surface area (Å²) in [5.41, 5.74) is 0.946. The molecule has 4 rings (SSSR count). The van der Waals surface area contributed by atoms with Gasteiger partial charge < -0.3 is 14.8 Å². The number of hydrogen-bond acceptors (Lipinski definition) is 5. The van der Waals surface area contributed by atoms with Gasteiger partial charge in [0.1, 0.15) is 11.5 Å². The van der Waals surface area contributed by atoms with Crippen LogP contribution in [0.15, 0.2) is 24.3 Å². The second-order valence-corrected chi connectivity index (χ2v) is 7.80. The Balaban J connectivity index is 1.29. The molecule has 2 aliphatic carbocycles. The fraction of sp³-hybridized carbons (Fsp3) is 0.571. The number of benzene rings is 1.